The number of pyridine rings is 2. The van der Waals surface area contributed by atoms with Gasteiger partial charge in [-0.25, -0.2) is 4.98 Å². The van der Waals surface area contributed by atoms with Crippen molar-refractivity contribution in [2.24, 2.45) is 0 Å². The second kappa shape index (κ2) is 8.19. The average Bonchev–Trinajstić information content (AvgIpc) is 2.67. The van der Waals surface area contributed by atoms with Gasteiger partial charge in [-0.3, -0.25) is 9.97 Å². The van der Waals surface area contributed by atoms with Crippen LogP contribution in [0.5, 0.6) is 0 Å². The minimum Gasteiger partial charge on any atom is -0.364 e. The zero-order valence-electron chi connectivity index (χ0n) is 14.5. The highest BCUT2D eigenvalue weighted by molar-refractivity contribution is 5.61. The normalized spacial score (nSPS) is 11.8. The van der Waals surface area contributed by atoms with Crippen molar-refractivity contribution in [3.8, 4) is 11.4 Å². The summed E-state index contributed by atoms with van der Waals surface area (Å²) in [6, 6.07) is 13.8. The summed E-state index contributed by atoms with van der Waals surface area (Å²) in [7, 11) is 0. The first-order chi connectivity index (χ1) is 12.2. The van der Waals surface area contributed by atoms with E-state index in [1.807, 2.05) is 42.5 Å². The molecule has 3 rings (SSSR count). The Morgan fingerprint density at radius 2 is 1.76 bits per heavy atom. The summed E-state index contributed by atoms with van der Waals surface area (Å²) in [5.41, 5.74) is 2.56. The van der Waals surface area contributed by atoms with Crippen LogP contribution in [0.3, 0.4) is 0 Å². The molecule has 0 bridgehead atoms. The van der Waals surface area contributed by atoms with Gasteiger partial charge in [-0.2, -0.15) is 4.98 Å². The Balaban J connectivity index is 1.86. The Hall–Kier alpha value is -3.02. The first-order valence-electron chi connectivity index (χ1n) is 8.45. The Kier molecular flexibility index (Phi) is 5.51. The highest BCUT2D eigenvalue weighted by atomic mass is 15.2. The zero-order chi connectivity index (χ0) is 17.5. The molecule has 0 aliphatic heterocycles. The molecule has 0 radical (unpaired) electrons. The highest BCUT2D eigenvalue weighted by Crippen LogP contribution is 2.20. The summed E-state index contributed by atoms with van der Waals surface area (Å²) < 4.78 is 0. The molecule has 2 N–H and O–H groups in total. The van der Waals surface area contributed by atoms with Gasteiger partial charge >= 0.3 is 0 Å². The van der Waals surface area contributed by atoms with Gasteiger partial charge in [-0.1, -0.05) is 19.1 Å². The number of hydrogen-bond donors (Lipinski definition) is 2. The molecular weight excluding hydrogens is 312 g/mol. The number of hydrogen-bond acceptors (Lipinski definition) is 6. The Morgan fingerprint density at radius 1 is 0.960 bits per heavy atom. The smallest absolute Gasteiger partial charge is 0.225 e. The van der Waals surface area contributed by atoms with Crippen LogP contribution < -0.4 is 10.6 Å². The minimum absolute atomic E-state index is 0.294. The summed E-state index contributed by atoms with van der Waals surface area (Å²) >= 11 is 0. The molecule has 1 atom stereocenters. The van der Waals surface area contributed by atoms with E-state index in [0.29, 0.717) is 18.5 Å². The van der Waals surface area contributed by atoms with Crippen molar-refractivity contribution in [3.63, 3.8) is 0 Å². The highest BCUT2D eigenvalue weighted by Gasteiger charge is 2.09. The van der Waals surface area contributed by atoms with Crippen molar-refractivity contribution in [1.82, 2.24) is 19.9 Å². The number of nitrogens with zero attached hydrogens (tertiary/aromatic N) is 4. The maximum absolute atomic E-state index is 4.61. The fraction of sp³-hybridized carbons (Fsp3) is 0.263. The lowest BCUT2D eigenvalue weighted by Gasteiger charge is -2.14. The van der Waals surface area contributed by atoms with E-state index in [1.165, 1.54) is 0 Å². The maximum Gasteiger partial charge on any atom is 0.225 e. The molecule has 128 valence electrons. The molecule has 0 aliphatic rings. The van der Waals surface area contributed by atoms with Gasteiger partial charge in [0.25, 0.3) is 0 Å². The first-order valence-corrected chi connectivity index (χ1v) is 8.45. The minimum atomic E-state index is 0.294. The lowest BCUT2D eigenvalue weighted by Crippen LogP contribution is -2.16. The lowest BCUT2D eigenvalue weighted by atomic mass is 10.2. The van der Waals surface area contributed by atoms with E-state index < -0.39 is 0 Å². The van der Waals surface area contributed by atoms with Crippen molar-refractivity contribution < 1.29 is 0 Å². The summed E-state index contributed by atoms with van der Waals surface area (Å²) in [6.07, 6.45) is 4.54. The van der Waals surface area contributed by atoms with Gasteiger partial charge in [-0.15, -0.1) is 0 Å². The van der Waals surface area contributed by atoms with Gasteiger partial charge in [0, 0.05) is 24.5 Å². The Bertz CT molecular complexity index is 792. The number of nitrogens with one attached hydrogen (secondary N) is 2. The Labute approximate surface area is 147 Å². The largest absolute Gasteiger partial charge is 0.364 e. The predicted molar refractivity (Wildman–Crippen MR) is 100 cm³/mol. The molecule has 6 nitrogen and oxygen atoms in total. The van der Waals surface area contributed by atoms with Crippen molar-refractivity contribution >= 4 is 11.8 Å². The molecular formula is C19H22N6. The predicted octanol–water partition coefficient (Wildman–Crippen LogP) is 3.76. The second-order valence-electron chi connectivity index (χ2n) is 5.81. The van der Waals surface area contributed by atoms with Crippen molar-refractivity contribution in [2.75, 3.05) is 10.6 Å². The van der Waals surface area contributed by atoms with Crippen LogP contribution in [0.1, 0.15) is 26.0 Å². The van der Waals surface area contributed by atoms with Crippen LogP contribution >= 0.6 is 0 Å². The lowest BCUT2D eigenvalue weighted by molar-refractivity contribution is 0.753. The third kappa shape index (κ3) is 4.73. The first kappa shape index (κ1) is 16.8. The summed E-state index contributed by atoms with van der Waals surface area (Å²) in [5.74, 6) is 1.34. The van der Waals surface area contributed by atoms with E-state index in [1.54, 1.807) is 12.4 Å². The van der Waals surface area contributed by atoms with Crippen LogP contribution in [0.4, 0.5) is 11.8 Å². The molecule has 3 heterocycles. The quantitative estimate of drug-likeness (QED) is 0.685. The van der Waals surface area contributed by atoms with E-state index in [-0.39, 0.29) is 0 Å². The van der Waals surface area contributed by atoms with E-state index in [2.05, 4.69) is 44.4 Å². The van der Waals surface area contributed by atoms with Gasteiger partial charge in [0.05, 0.1) is 23.6 Å². The van der Waals surface area contributed by atoms with Crippen LogP contribution in [-0.2, 0) is 6.54 Å². The average molecular weight is 334 g/mol. The summed E-state index contributed by atoms with van der Waals surface area (Å²) in [5, 5.41) is 6.66. The molecule has 0 aromatic carbocycles. The van der Waals surface area contributed by atoms with Crippen molar-refractivity contribution in [3.05, 3.63) is 60.6 Å². The van der Waals surface area contributed by atoms with Crippen LogP contribution in [0.15, 0.2) is 54.9 Å². The monoisotopic (exact) mass is 334 g/mol. The molecule has 0 saturated heterocycles. The number of aromatic nitrogens is 4. The SMILES string of the molecule is CC[C@@H](C)Nc1nc(NCc2ccccn2)cc(-c2ccccn2)n1. The van der Waals surface area contributed by atoms with E-state index >= 15 is 0 Å². The van der Waals surface area contributed by atoms with Crippen LogP contribution in [0.2, 0.25) is 0 Å². The van der Waals surface area contributed by atoms with E-state index in [0.717, 1.165) is 29.3 Å². The van der Waals surface area contributed by atoms with Gasteiger partial charge in [0.15, 0.2) is 0 Å². The Morgan fingerprint density at radius 3 is 2.44 bits per heavy atom. The fourth-order valence-electron chi connectivity index (χ4n) is 2.25. The van der Waals surface area contributed by atoms with Crippen molar-refractivity contribution in [2.45, 2.75) is 32.9 Å². The third-order valence-corrected chi connectivity index (χ3v) is 3.82. The van der Waals surface area contributed by atoms with Crippen molar-refractivity contribution in [1.29, 1.82) is 0 Å². The fourth-order valence-corrected chi connectivity index (χ4v) is 2.25. The molecule has 3 aromatic rings. The topological polar surface area (TPSA) is 75.6 Å². The van der Waals surface area contributed by atoms with Gasteiger partial charge in [0.1, 0.15) is 5.82 Å². The third-order valence-electron chi connectivity index (χ3n) is 3.82. The molecule has 0 aliphatic carbocycles. The van der Waals surface area contributed by atoms with Gasteiger partial charge < -0.3 is 10.6 Å². The standard InChI is InChI=1S/C19H22N6/c1-3-14(2)23-19-24-17(16-9-5-7-11-21-16)12-18(25-19)22-13-15-8-4-6-10-20-15/h4-12,14H,3,13H2,1-2H3,(H2,22,23,24,25)/t14-/m1/s1. The molecule has 0 spiro atoms. The van der Waals surface area contributed by atoms with Gasteiger partial charge in [0.2, 0.25) is 5.95 Å². The van der Waals surface area contributed by atoms with E-state index in [4.69, 9.17) is 0 Å². The molecule has 0 unspecified atom stereocenters. The molecule has 6 heteroatoms. The molecule has 25 heavy (non-hydrogen) atoms. The number of rotatable bonds is 7. The molecule has 0 fully saturated rings. The summed E-state index contributed by atoms with van der Waals surface area (Å²) in [6.45, 7) is 4.83. The van der Waals surface area contributed by atoms with Crippen LogP contribution in [0.25, 0.3) is 11.4 Å². The molecule has 0 saturated carbocycles. The van der Waals surface area contributed by atoms with Crippen LogP contribution in [0, 0.1) is 0 Å². The number of anilines is 2. The molecule has 0 amide bonds. The van der Waals surface area contributed by atoms with Gasteiger partial charge in [-0.05, 0) is 37.6 Å². The molecule has 3 aromatic heterocycles. The van der Waals surface area contributed by atoms with E-state index in [9.17, 15) is 0 Å². The maximum atomic E-state index is 4.61. The van der Waals surface area contributed by atoms with Crippen LogP contribution in [-0.4, -0.2) is 26.0 Å². The second-order valence-corrected chi connectivity index (χ2v) is 5.81. The zero-order valence-corrected chi connectivity index (χ0v) is 14.5. The summed E-state index contributed by atoms with van der Waals surface area (Å²) in [4.78, 5) is 17.9.